The Morgan fingerprint density at radius 2 is 2.00 bits per heavy atom. The van der Waals surface area contributed by atoms with Gasteiger partial charge in [0.2, 0.25) is 0 Å². The minimum atomic E-state index is 0.0175. The first-order chi connectivity index (χ1) is 17.8. The van der Waals surface area contributed by atoms with Gasteiger partial charge in [-0.15, -0.1) is 11.3 Å². The molecule has 3 aromatic rings. The smallest absolute Gasteiger partial charge is 0.259 e. The number of nitrogens with zero attached hydrogens (tertiary/aromatic N) is 4. The summed E-state index contributed by atoms with van der Waals surface area (Å²) >= 11 is 1.69. The molecule has 3 aromatic heterocycles. The molecule has 1 unspecified atom stereocenters. The molecular weight excluding hydrogens is 484 g/mol. The van der Waals surface area contributed by atoms with Gasteiger partial charge in [0, 0.05) is 68.7 Å². The molecule has 0 bridgehead atoms. The van der Waals surface area contributed by atoms with Crippen LogP contribution in [0, 0.1) is 5.92 Å². The number of fused-ring (bicyclic) bond motifs is 1. The van der Waals surface area contributed by atoms with Crippen molar-refractivity contribution in [3.63, 3.8) is 0 Å². The first-order valence-electron chi connectivity index (χ1n) is 13.3. The van der Waals surface area contributed by atoms with E-state index in [9.17, 15) is 9.59 Å². The van der Waals surface area contributed by atoms with Crippen molar-refractivity contribution in [1.82, 2.24) is 14.5 Å². The third kappa shape index (κ3) is 7.49. The van der Waals surface area contributed by atoms with Crippen LogP contribution in [0.4, 0.5) is 5.69 Å². The van der Waals surface area contributed by atoms with E-state index < -0.39 is 0 Å². The number of hydrogen-bond acceptors (Lipinski definition) is 7. The molecule has 0 aliphatic carbocycles. The highest BCUT2D eigenvalue weighted by Crippen LogP contribution is 2.34. The van der Waals surface area contributed by atoms with Gasteiger partial charge in [-0.3, -0.25) is 19.5 Å². The number of anilines is 1. The quantitative estimate of drug-likeness (QED) is 0.266. The van der Waals surface area contributed by atoms with Crippen molar-refractivity contribution in [1.29, 1.82) is 0 Å². The van der Waals surface area contributed by atoms with Crippen molar-refractivity contribution < 1.29 is 9.53 Å². The van der Waals surface area contributed by atoms with Gasteiger partial charge in [-0.05, 0) is 63.9 Å². The average molecular weight is 527 g/mol. The molecule has 3 heterocycles. The number of carbonyl (C=O) groups is 1. The van der Waals surface area contributed by atoms with Crippen LogP contribution in [0.2, 0.25) is 0 Å². The Bertz CT molecular complexity index is 1240. The Labute approximate surface area is 225 Å². The van der Waals surface area contributed by atoms with E-state index in [1.165, 1.54) is 4.88 Å². The Balaban J connectivity index is 1.88. The number of ketones is 1. The van der Waals surface area contributed by atoms with Gasteiger partial charge in [0.05, 0.1) is 22.4 Å². The molecule has 0 aliphatic heterocycles. The number of Topliss-reactive ketones (excluding diaryl/α,β-unsaturated/α-hetero) is 1. The van der Waals surface area contributed by atoms with E-state index in [-0.39, 0.29) is 11.5 Å². The van der Waals surface area contributed by atoms with E-state index in [2.05, 4.69) is 40.8 Å². The van der Waals surface area contributed by atoms with Crippen LogP contribution < -0.4 is 10.5 Å². The van der Waals surface area contributed by atoms with Crippen molar-refractivity contribution >= 4 is 32.9 Å². The van der Waals surface area contributed by atoms with Crippen molar-refractivity contribution in [3.8, 4) is 11.3 Å². The summed E-state index contributed by atoms with van der Waals surface area (Å²) in [6.45, 7) is 10.2. The van der Waals surface area contributed by atoms with Gasteiger partial charge in [0.15, 0.2) is 0 Å². The van der Waals surface area contributed by atoms with Crippen LogP contribution in [0.5, 0.6) is 0 Å². The maximum Gasteiger partial charge on any atom is 0.259 e. The summed E-state index contributed by atoms with van der Waals surface area (Å²) < 4.78 is 7.87. The maximum absolute atomic E-state index is 13.1. The highest BCUT2D eigenvalue weighted by atomic mass is 32.1. The molecule has 202 valence electrons. The zero-order valence-electron chi connectivity index (χ0n) is 23.2. The second-order valence-electron chi connectivity index (χ2n) is 9.86. The summed E-state index contributed by atoms with van der Waals surface area (Å²) in [4.78, 5) is 35.3. The predicted molar refractivity (Wildman–Crippen MR) is 155 cm³/mol. The van der Waals surface area contributed by atoms with Gasteiger partial charge in [0.1, 0.15) is 5.78 Å². The minimum Gasteiger partial charge on any atom is -0.383 e. The number of rotatable bonds is 15. The van der Waals surface area contributed by atoms with Crippen molar-refractivity contribution in [3.05, 3.63) is 45.8 Å². The van der Waals surface area contributed by atoms with E-state index in [4.69, 9.17) is 4.74 Å². The normalized spacial score (nSPS) is 12.4. The second-order valence-corrected chi connectivity index (χ2v) is 11.0. The lowest BCUT2D eigenvalue weighted by Crippen LogP contribution is -2.25. The molecule has 0 fully saturated rings. The molecule has 8 heteroatoms. The number of likely N-dealkylation sites (N-methyl/N-ethyl adjacent to an activating group) is 1. The van der Waals surface area contributed by atoms with Crippen LogP contribution in [0.3, 0.4) is 0 Å². The Kier molecular flexibility index (Phi) is 10.9. The van der Waals surface area contributed by atoms with Crippen molar-refractivity contribution in [2.24, 2.45) is 13.0 Å². The Morgan fingerprint density at radius 3 is 2.68 bits per heavy atom. The molecule has 0 amide bonds. The predicted octanol–water partition coefficient (Wildman–Crippen LogP) is 5.35. The van der Waals surface area contributed by atoms with Gasteiger partial charge in [-0.2, -0.15) is 0 Å². The third-order valence-corrected chi connectivity index (χ3v) is 8.16. The lowest BCUT2D eigenvalue weighted by Gasteiger charge is -2.22. The number of carbonyl (C=O) groups excluding carboxylic acids is 1. The molecule has 0 spiro atoms. The molecule has 37 heavy (non-hydrogen) atoms. The fourth-order valence-corrected chi connectivity index (χ4v) is 6.00. The zero-order valence-corrected chi connectivity index (χ0v) is 24.1. The Morgan fingerprint density at radius 1 is 1.22 bits per heavy atom. The molecular formula is C29H42N4O3S. The van der Waals surface area contributed by atoms with Gasteiger partial charge < -0.3 is 14.2 Å². The van der Waals surface area contributed by atoms with Crippen molar-refractivity contribution in [2.75, 3.05) is 45.3 Å². The topological polar surface area (TPSA) is 67.7 Å². The van der Waals surface area contributed by atoms with E-state index in [1.54, 1.807) is 37.0 Å². The van der Waals surface area contributed by atoms with Crippen LogP contribution in [-0.2, 0) is 23.1 Å². The molecule has 0 N–H and O–H groups in total. The van der Waals surface area contributed by atoms with Crippen LogP contribution in [0.1, 0.15) is 51.3 Å². The van der Waals surface area contributed by atoms with E-state index in [0.717, 1.165) is 78.9 Å². The molecule has 3 rings (SSSR count). The van der Waals surface area contributed by atoms with E-state index in [1.807, 2.05) is 25.5 Å². The molecule has 0 radical (unpaired) electrons. The average Bonchev–Trinajstić information content (AvgIpc) is 3.31. The number of hydrogen-bond donors (Lipinski definition) is 0. The molecule has 0 saturated carbocycles. The first kappa shape index (κ1) is 29.0. The molecule has 7 nitrogen and oxygen atoms in total. The number of methoxy groups -OCH3 is 1. The lowest BCUT2D eigenvalue weighted by molar-refractivity contribution is -0.121. The van der Waals surface area contributed by atoms with Crippen LogP contribution in [0.15, 0.2) is 35.4 Å². The molecule has 0 saturated heterocycles. The number of aromatic nitrogens is 2. The highest BCUT2D eigenvalue weighted by Gasteiger charge is 2.17. The number of pyridine rings is 2. The summed E-state index contributed by atoms with van der Waals surface area (Å²) in [5, 5.41) is 0.749. The summed E-state index contributed by atoms with van der Waals surface area (Å²) in [6, 6.07) is 6.14. The molecule has 1 atom stereocenters. The minimum absolute atomic E-state index is 0.0175. The molecule has 0 aliphatic rings. The number of ether oxygens (including phenoxy) is 1. The lowest BCUT2D eigenvalue weighted by atomic mass is 9.96. The molecule has 0 aromatic carbocycles. The third-order valence-electron chi connectivity index (χ3n) is 7.01. The summed E-state index contributed by atoms with van der Waals surface area (Å²) in [5.41, 5.74) is 2.91. The summed E-state index contributed by atoms with van der Waals surface area (Å²) in [5.74, 6) is 0.454. The van der Waals surface area contributed by atoms with Gasteiger partial charge in [0.25, 0.3) is 5.56 Å². The number of thiophene rings is 1. The van der Waals surface area contributed by atoms with Gasteiger partial charge >= 0.3 is 0 Å². The fraction of sp³-hybridized carbons (Fsp3) is 0.552. The fourth-order valence-electron chi connectivity index (χ4n) is 4.79. The highest BCUT2D eigenvalue weighted by molar-refractivity contribution is 7.19. The van der Waals surface area contributed by atoms with Crippen molar-refractivity contribution in [2.45, 2.75) is 53.0 Å². The standard InChI is InChI=1S/C29H42N4O3S/c1-7-13-33(14-9-10-22(8-2)21(3)34)19-24-18-25-28(37-24)26(20-32(5)29(25)35)27-17-23(11-12-30-27)31(4)15-16-36-6/h11-12,17-18,20,22H,7-10,13-16,19H2,1-6H3. The van der Waals surface area contributed by atoms with E-state index >= 15 is 0 Å². The number of aryl methyl sites for hydroxylation is 1. The Hall–Kier alpha value is -2.55. The first-order valence-corrected chi connectivity index (χ1v) is 14.1. The van der Waals surface area contributed by atoms with E-state index in [0.29, 0.717) is 12.4 Å². The SMILES string of the molecule is CCCN(CCCC(CC)C(C)=O)Cc1cc2c(=O)n(C)cc(-c3cc(N(C)CCOC)ccn3)c2s1. The van der Waals surface area contributed by atoms with Crippen LogP contribution >= 0.6 is 11.3 Å². The van der Waals surface area contributed by atoms with Gasteiger partial charge in [-0.25, -0.2) is 0 Å². The monoisotopic (exact) mass is 526 g/mol. The van der Waals surface area contributed by atoms with Crippen LogP contribution in [-0.4, -0.2) is 60.6 Å². The summed E-state index contributed by atoms with van der Waals surface area (Å²) in [6.07, 6.45) is 7.64. The van der Waals surface area contributed by atoms with Gasteiger partial charge in [-0.1, -0.05) is 13.8 Å². The largest absolute Gasteiger partial charge is 0.383 e. The maximum atomic E-state index is 13.1. The van der Waals surface area contributed by atoms with Crippen LogP contribution in [0.25, 0.3) is 21.3 Å². The second kappa shape index (κ2) is 13.8. The zero-order chi connectivity index (χ0) is 26.9. The summed E-state index contributed by atoms with van der Waals surface area (Å²) in [7, 11) is 5.55.